The fraction of sp³-hybridized carbons (Fsp3) is 0.250. The van der Waals surface area contributed by atoms with Gasteiger partial charge < -0.3 is 5.32 Å². The maximum absolute atomic E-state index is 14.0. The fourth-order valence-corrected chi connectivity index (χ4v) is 5.79. The minimum atomic E-state index is -4.06. The lowest BCUT2D eigenvalue weighted by Crippen LogP contribution is -2.38. The van der Waals surface area contributed by atoms with Crippen molar-refractivity contribution in [2.45, 2.75) is 23.7 Å². The average molecular weight is 465 g/mol. The first-order valence-corrected chi connectivity index (χ1v) is 11.8. The molecule has 0 unspecified atom stereocenters. The van der Waals surface area contributed by atoms with Crippen molar-refractivity contribution in [1.29, 1.82) is 0 Å². The molecular weight excluding hydrogens is 446 g/mol. The van der Waals surface area contributed by atoms with Crippen LogP contribution in [0.4, 0.5) is 14.5 Å². The molecular formula is C20H18F2N4O3S2. The van der Waals surface area contributed by atoms with E-state index >= 15 is 0 Å². The normalized spacial score (nSPS) is 15.7. The third kappa shape index (κ3) is 4.63. The number of piperidine rings is 1. The maximum atomic E-state index is 14.0. The zero-order chi connectivity index (χ0) is 22.0. The van der Waals surface area contributed by atoms with Crippen molar-refractivity contribution < 1.29 is 22.0 Å². The Balaban J connectivity index is 1.40. The van der Waals surface area contributed by atoms with Crippen molar-refractivity contribution in [2.75, 3.05) is 18.4 Å². The molecule has 1 aliphatic heterocycles. The summed E-state index contributed by atoms with van der Waals surface area (Å²) in [5.41, 5.74) is 0.649. The van der Waals surface area contributed by atoms with Crippen LogP contribution in [0.25, 0.3) is 0 Å². The van der Waals surface area contributed by atoms with Gasteiger partial charge in [0.2, 0.25) is 15.0 Å². The van der Waals surface area contributed by atoms with Gasteiger partial charge in [-0.05, 0) is 37.1 Å². The summed E-state index contributed by atoms with van der Waals surface area (Å²) in [6.45, 7) is 0.323. The molecule has 162 valence electrons. The number of sulfonamides is 1. The molecule has 31 heavy (non-hydrogen) atoms. The standard InChI is InChI=1S/C20H18F2N4O3S2/c21-14-6-7-17(16(22)12-14)31(28,29)26-10-8-13(9-11-26)19-24-25-20(30-19)18(27)23-15-4-2-1-3-5-15/h1-7,12-13H,8-11H2,(H,23,27). The molecule has 0 radical (unpaired) electrons. The van der Waals surface area contributed by atoms with Crippen molar-refractivity contribution >= 4 is 33.0 Å². The number of hydrogen-bond donors (Lipinski definition) is 1. The van der Waals surface area contributed by atoms with Gasteiger partial charge in [-0.15, -0.1) is 10.2 Å². The van der Waals surface area contributed by atoms with Crippen LogP contribution in [0, 0.1) is 11.6 Å². The summed E-state index contributed by atoms with van der Waals surface area (Å²) in [5, 5.41) is 11.7. The number of nitrogens with one attached hydrogen (secondary N) is 1. The Labute approximate surface area is 181 Å². The number of halogens is 2. The van der Waals surface area contributed by atoms with Crippen LogP contribution in [0.15, 0.2) is 53.4 Å². The molecule has 7 nitrogen and oxygen atoms in total. The predicted molar refractivity (Wildman–Crippen MR) is 111 cm³/mol. The summed E-state index contributed by atoms with van der Waals surface area (Å²) >= 11 is 1.17. The van der Waals surface area contributed by atoms with Crippen LogP contribution in [-0.2, 0) is 10.0 Å². The highest BCUT2D eigenvalue weighted by atomic mass is 32.2. The van der Waals surface area contributed by atoms with Crippen LogP contribution in [0.3, 0.4) is 0 Å². The molecule has 1 N–H and O–H groups in total. The lowest BCUT2D eigenvalue weighted by Gasteiger charge is -2.30. The number of aromatic nitrogens is 2. The third-order valence-electron chi connectivity index (χ3n) is 4.98. The monoisotopic (exact) mass is 464 g/mol. The number of carbonyl (C=O) groups is 1. The van der Waals surface area contributed by atoms with Gasteiger partial charge in [0.05, 0.1) is 0 Å². The van der Waals surface area contributed by atoms with Crippen molar-refractivity contribution in [3.8, 4) is 0 Å². The molecule has 0 saturated carbocycles. The van der Waals surface area contributed by atoms with Crippen molar-refractivity contribution in [3.05, 3.63) is 70.2 Å². The smallest absolute Gasteiger partial charge is 0.286 e. The van der Waals surface area contributed by atoms with Crippen LogP contribution in [0.5, 0.6) is 0 Å². The van der Waals surface area contributed by atoms with Gasteiger partial charge in [-0.2, -0.15) is 4.31 Å². The Hall–Kier alpha value is -2.76. The summed E-state index contributed by atoms with van der Waals surface area (Å²) in [7, 11) is -4.06. The molecule has 2 heterocycles. The number of amides is 1. The molecule has 1 aromatic heterocycles. The lowest BCUT2D eigenvalue weighted by atomic mass is 9.99. The van der Waals surface area contributed by atoms with Gasteiger partial charge in [-0.25, -0.2) is 17.2 Å². The van der Waals surface area contributed by atoms with E-state index < -0.39 is 26.6 Å². The molecule has 0 aliphatic carbocycles. The van der Waals surface area contributed by atoms with Crippen LogP contribution in [-0.4, -0.2) is 41.9 Å². The van der Waals surface area contributed by atoms with E-state index in [9.17, 15) is 22.0 Å². The molecule has 0 spiro atoms. The minimum Gasteiger partial charge on any atom is -0.320 e. The molecule has 0 bridgehead atoms. The molecule has 1 aliphatic rings. The summed E-state index contributed by atoms with van der Waals surface area (Å²) in [6, 6.07) is 11.4. The summed E-state index contributed by atoms with van der Waals surface area (Å²) in [5.74, 6) is -2.36. The highest BCUT2D eigenvalue weighted by Crippen LogP contribution is 2.33. The Morgan fingerprint density at radius 2 is 1.77 bits per heavy atom. The number of benzene rings is 2. The first-order valence-electron chi connectivity index (χ1n) is 9.49. The summed E-state index contributed by atoms with van der Waals surface area (Å²) in [4.78, 5) is 11.8. The second-order valence-electron chi connectivity index (χ2n) is 7.02. The van der Waals surface area contributed by atoms with E-state index in [0.717, 1.165) is 12.1 Å². The van der Waals surface area contributed by atoms with Crippen molar-refractivity contribution in [2.24, 2.45) is 0 Å². The van der Waals surface area contributed by atoms with Crippen LogP contribution < -0.4 is 5.32 Å². The predicted octanol–water partition coefficient (Wildman–Crippen LogP) is 3.64. The zero-order valence-corrected chi connectivity index (χ0v) is 17.8. The first kappa shape index (κ1) is 21.5. The van der Waals surface area contributed by atoms with Gasteiger partial charge in [-0.3, -0.25) is 4.79 Å². The van der Waals surface area contributed by atoms with Gasteiger partial charge in [0.25, 0.3) is 5.91 Å². The zero-order valence-electron chi connectivity index (χ0n) is 16.2. The Bertz CT molecular complexity index is 1190. The Morgan fingerprint density at radius 1 is 1.06 bits per heavy atom. The van der Waals surface area contributed by atoms with Gasteiger partial charge in [0.15, 0.2) is 0 Å². The molecule has 3 aromatic rings. The second kappa shape index (κ2) is 8.77. The van der Waals surface area contributed by atoms with Gasteiger partial charge in [0.1, 0.15) is 21.5 Å². The van der Waals surface area contributed by atoms with E-state index in [-0.39, 0.29) is 29.9 Å². The van der Waals surface area contributed by atoms with Crippen LogP contribution in [0.2, 0.25) is 0 Å². The first-order chi connectivity index (χ1) is 14.8. The number of nitrogens with zero attached hydrogens (tertiary/aromatic N) is 3. The fourth-order valence-electron chi connectivity index (χ4n) is 3.36. The van der Waals surface area contributed by atoms with E-state index in [0.29, 0.717) is 29.6 Å². The van der Waals surface area contributed by atoms with E-state index in [1.54, 1.807) is 24.3 Å². The molecule has 1 amide bonds. The highest BCUT2D eigenvalue weighted by Gasteiger charge is 2.33. The lowest BCUT2D eigenvalue weighted by molar-refractivity contribution is 0.102. The van der Waals surface area contributed by atoms with Gasteiger partial charge >= 0.3 is 0 Å². The quantitative estimate of drug-likeness (QED) is 0.623. The number of para-hydroxylation sites is 1. The van der Waals surface area contributed by atoms with E-state index in [1.807, 2.05) is 6.07 Å². The Kier molecular flexibility index (Phi) is 6.08. The maximum Gasteiger partial charge on any atom is 0.286 e. The number of rotatable bonds is 5. The number of anilines is 1. The second-order valence-corrected chi connectivity index (χ2v) is 9.93. The summed E-state index contributed by atoms with van der Waals surface area (Å²) in [6.07, 6.45) is 0.911. The molecule has 1 saturated heterocycles. The molecule has 1 fully saturated rings. The van der Waals surface area contributed by atoms with Crippen molar-refractivity contribution in [3.63, 3.8) is 0 Å². The van der Waals surface area contributed by atoms with E-state index in [4.69, 9.17) is 0 Å². The van der Waals surface area contributed by atoms with E-state index in [1.165, 1.54) is 15.6 Å². The van der Waals surface area contributed by atoms with Crippen LogP contribution >= 0.6 is 11.3 Å². The van der Waals surface area contributed by atoms with Gasteiger partial charge in [-0.1, -0.05) is 29.5 Å². The van der Waals surface area contributed by atoms with E-state index in [2.05, 4.69) is 15.5 Å². The third-order valence-corrected chi connectivity index (χ3v) is 8.00. The topological polar surface area (TPSA) is 92.3 Å². The molecule has 0 atom stereocenters. The highest BCUT2D eigenvalue weighted by molar-refractivity contribution is 7.89. The molecule has 11 heteroatoms. The average Bonchev–Trinajstić information content (AvgIpc) is 3.25. The van der Waals surface area contributed by atoms with Crippen molar-refractivity contribution in [1.82, 2.24) is 14.5 Å². The number of carbonyl (C=O) groups excluding carboxylic acids is 1. The SMILES string of the molecule is O=C(Nc1ccccc1)c1nnc(C2CCN(S(=O)(=O)c3ccc(F)cc3F)CC2)s1. The van der Waals surface area contributed by atoms with Gasteiger partial charge in [0, 0.05) is 30.8 Å². The largest absolute Gasteiger partial charge is 0.320 e. The molecule has 4 rings (SSSR count). The minimum absolute atomic E-state index is 0.0553. The van der Waals surface area contributed by atoms with Crippen LogP contribution in [0.1, 0.15) is 33.6 Å². The summed E-state index contributed by atoms with van der Waals surface area (Å²) < 4.78 is 53.7. The number of hydrogen-bond acceptors (Lipinski definition) is 6. The Morgan fingerprint density at radius 3 is 2.45 bits per heavy atom. The molecule has 2 aromatic carbocycles.